The zero-order valence-electron chi connectivity index (χ0n) is 4.46. The minimum Gasteiger partial charge on any atom is -0.115 e. The molecule has 0 nitrogen and oxygen atoms in total. The molecule has 1 heteroatoms. The molecule has 0 unspecified atom stereocenters. The minimum absolute atomic E-state index is 0.958. The monoisotopic (exact) mass is 158 g/mol. The lowest BCUT2D eigenvalue weighted by Crippen LogP contribution is -1.66. The predicted octanol–water partition coefficient (Wildman–Crippen LogP) is 2.31. The molecule has 0 amide bonds. The smallest absolute Gasteiger partial charge is 0.00848 e. The molecule has 0 bridgehead atoms. The van der Waals surface area contributed by atoms with Crippen molar-refractivity contribution < 1.29 is 0 Å². The van der Waals surface area contributed by atoms with E-state index in [1.54, 1.807) is 0 Å². The van der Waals surface area contributed by atoms with Crippen molar-refractivity contribution >= 4 is 15.9 Å². The van der Waals surface area contributed by atoms with Crippen LogP contribution in [0.15, 0.2) is 10.1 Å². The molecule has 0 aliphatic heterocycles. The molecular weight excluding hydrogens is 152 g/mol. The number of hydrogen-bond acceptors (Lipinski definition) is 0. The van der Waals surface area contributed by atoms with Crippen LogP contribution in [0.3, 0.4) is 0 Å². The third-order valence-electron chi connectivity index (χ3n) is 0.733. The van der Waals surface area contributed by atoms with Crippen LogP contribution in [0, 0.1) is 12.3 Å². The van der Waals surface area contributed by atoms with Crippen LogP contribution in [0.2, 0.25) is 0 Å². The summed E-state index contributed by atoms with van der Waals surface area (Å²) in [5.74, 6) is 2.50. The summed E-state index contributed by atoms with van der Waals surface area (Å²) in [5.41, 5.74) is 0.958. The summed E-state index contributed by atoms with van der Waals surface area (Å²) in [4.78, 5) is 0. The second-order valence-corrected chi connectivity index (χ2v) is 2.49. The molecule has 0 atom stereocenters. The summed E-state index contributed by atoms with van der Waals surface area (Å²) in [7, 11) is 0. The Morgan fingerprint density at radius 2 is 2.00 bits per heavy atom. The maximum Gasteiger partial charge on any atom is 0.00848 e. The molecule has 0 spiro atoms. The zero-order valence-corrected chi connectivity index (χ0v) is 6.04. The number of terminal acetylenes is 1. The highest BCUT2D eigenvalue weighted by molar-refractivity contribution is 9.11. The van der Waals surface area contributed by atoms with E-state index in [-0.39, 0.29) is 0 Å². The highest BCUT2D eigenvalue weighted by atomic mass is 79.9. The molecule has 0 saturated heterocycles. The van der Waals surface area contributed by atoms with Crippen LogP contribution in [0.25, 0.3) is 0 Å². The fraction of sp³-hybridized carbons (Fsp3) is 0.333. The quantitative estimate of drug-likeness (QED) is 0.475. The van der Waals surface area contributed by atoms with Gasteiger partial charge in [-0.1, -0.05) is 21.9 Å². The Balaban J connectivity index is 4.07. The molecule has 7 heavy (non-hydrogen) atoms. The second-order valence-electron chi connectivity index (χ2n) is 1.30. The molecule has 0 aliphatic carbocycles. The van der Waals surface area contributed by atoms with Gasteiger partial charge in [-0.05, 0) is 13.8 Å². The van der Waals surface area contributed by atoms with Gasteiger partial charge in [0.2, 0.25) is 0 Å². The Morgan fingerprint density at radius 3 is 2.00 bits per heavy atom. The van der Waals surface area contributed by atoms with Crippen molar-refractivity contribution in [2.75, 3.05) is 0 Å². The van der Waals surface area contributed by atoms with Gasteiger partial charge in [0.1, 0.15) is 0 Å². The molecule has 0 rings (SSSR count). The topological polar surface area (TPSA) is 0 Å². The number of hydrogen-bond donors (Lipinski definition) is 0. The fourth-order valence-corrected chi connectivity index (χ4v) is 0.214. The molecule has 0 radical (unpaired) electrons. The SMILES string of the molecule is C#CC(C)=C(C)Br. The van der Waals surface area contributed by atoms with Gasteiger partial charge in [-0.2, -0.15) is 0 Å². The van der Waals surface area contributed by atoms with Crippen molar-refractivity contribution in [3.05, 3.63) is 10.1 Å². The maximum atomic E-state index is 5.04. The van der Waals surface area contributed by atoms with Gasteiger partial charge in [-0.3, -0.25) is 0 Å². The summed E-state index contributed by atoms with van der Waals surface area (Å²) in [6.07, 6.45) is 5.04. The van der Waals surface area contributed by atoms with Gasteiger partial charge in [-0.25, -0.2) is 0 Å². The Hall–Kier alpha value is -0.220. The molecule has 0 aliphatic rings. The van der Waals surface area contributed by atoms with Crippen LogP contribution >= 0.6 is 15.9 Å². The van der Waals surface area contributed by atoms with E-state index in [0.29, 0.717) is 0 Å². The minimum atomic E-state index is 0.958. The van der Waals surface area contributed by atoms with E-state index < -0.39 is 0 Å². The van der Waals surface area contributed by atoms with Crippen molar-refractivity contribution in [1.82, 2.24) is 0 Å². The molecule has 0 fully saturated rings. The van der Waals surface area contributed by atoms with E-state index in [2.05, 4.69) is 21.9 Å². The lowest BCUT2D eigenvalue weighted by atomic mass is 10.3. The van der Waals surface area contributed by atoms with Crippen molar-refractivity contribution in [2.24, 2.45) is 0 Å². The summed E-state index contributed by atoms with van der Waals surface area (Å²) in [6.45, 7) is 3.82. The van der Waals surface area contributed by atoms with Gasteiger partial charge in [0.25, 0.3) is 0 Å². The van der Waals surface area contributed by atoms with E-state index in [9.17, 15) is 0 Å². The average Bonchev–Trinajstić information content (AvgIpc) is 1.65. The van der Waals surface area contributed by atoms with Crippen molar-refractivity contribution in [3.63, 3.8) is 0 Å². The van der Waals surface area contributed by atoms with Crippen LogP contribution in [-0.4, -0.2) is 0 Å². The number of halogens is 1. The van der Waals surface area contributed by atoms with Crippen molar-refractivity contribution in [3.8, 4) is 12.3 Å². The molecule has 0 saturated carbocycles. The van der Waals surface area contributed by atoms with Gasteiger partial charge in [0.05, 0.1) is 0 Å². The van der Waals surface area contributed by atoms with Crippen LogP contribution < -0.4 is 0 Å². The van der Waals surface area contributed by atoms with Crippen molar-refractivity contribution in [1.29, 1.82) is 0 Å². The Kier molecular flexibility index (Phi) is 2.78. The summed E-state index contributed by atoms with van der Waals surface area (Å²) < 4.78 is 1.04. The van der Waals surface area contributed by atoms with Crippen LogP contribution in [-0.2, 0) is 0 Å². The molecule has 0 heterocycles. The van der Waals surface area contributed by atoms with Gasteiger partial charge in [0.15, 0.2) is 0 Å². The Labute approximate surface area is 52.7 Å². The highest BCUT2D eigenvalue weighted by Gasteiger charge is 1.82. The van der Waals surface area contributed by atoms with E-state index in [1.165, 1.54) is 0 Å². The van der Waals surface area contributed by atoms with Gasteiger partial charge >= 0.3 is 0 Å². The lowest BCUT2D eigenvalue weighted by Gasteiger charge is -1.85. The van der Waals surface area contributed by atoms with Crippen LogP contribution in [0.1, 0.15) is 13.8 Å². The first-order valence-corrected chi connectivity index (χ1v) is 2.77. The van der Waals surface area contributed by atoms with E-state index in [4.69, 9.17) is 6.42 Å². The average molecular weight is 159 g/mol. The normalized spacial score (nSPS) is 12.3. The summed E-state index contributed by atoms with van der Waals surface area (Å²) >= 11 is 3.24. The Bertz CT molecular complexity index is 122. The lowest BCUT2D eigenvalue weighted by molar-refractivity contribution is 1.50. The van der Waals surface area contributed by atoms with Crippen molar-refractivity contribution in [2.45, 2.75) is 13.8 Å². The first-order valence-electron chi connectivity index (χ1n) is 1.98. The number of allylic oxidation sites excluding steroid dienone is 2. The van der Waals surface area contributed by atoms with Gasteiger partial charge in [-0.15, -0.1) is 6.42 Å². The molecule has 0 aromatic carbocycles. The van der Waals surface area contributed by atoms with E-state index in [1.807, 2.05) is 13.8 Å². The van der Waals surface area contributed by atoms with Gasteiger partial charge in [0, 0.05) is 10.1 Å². The first kappa shape index (κ1) is 6.78. The standard InChI is InChI=1S/C6H7Br/c1-4-5(2)6(3)7/h1H,2-3H3. The van der Waals surface area contributed by atoms with E-state index in [0.717, 1.165) is 10.1 Å². The molecule has 38 valence electrons. The number of rotatable bonds is 0. The third-order valence-corrected chi connectivity index (χ3v) is 1.33. The summed E-state index contributed by atoms with van der Waals surface area (Å²) in [5, 5.41) is 0. The van der Waals surface area contributed by atoms with Crippen LogP contribution in [0.5, 0.6) is 0 Å². The maximum absolute atomic E-state index is 5.04. The zero-order chi connectivity index (χ0) is 5.86. The predicted molar refractivity (Wildman–Crippen MR) is 36.1 cm³/mol. The fourth-order valence-electron chi connectivity index (χ4n) is 0.0994. The second kappa shape index (κ2) is 2.87. The molecule has 0 aromatic rings. The molecule has 0 N–H and O–H groups in total. The first-order chi connectivity index (χ1) is 3.18. The van der Waals surface area contributed by atoms with Gasteiger partial charge < -0.3 is 0 Å². The molecule has 0 aromatic heterocycles. The van der Waals surface area contributed by atoms with Crippen LogP contribution in [0.4, 0.5) is 0 Å². The summed E-state index contributed by atoms with van der Waals surface area (Å²) in [6, 6.07) is 0. The molecular formula is C6H7Br. The third kappa shape index (κ3) is 2.47. The largest absolute Gasteiger partial charge is 0.115 e. The Morgan fingerprint density at radius 1 is 1.57 bits per heavy atom. The van der Waals surface area contributed by atoms with E-state index >= 15 is 0 Å². The highest BCUT2D eigenvalue weighted by Crippen LogP contribution is 2.07.